The Labute approximate surface area is 103 Å². The Morgan fingerprint density at radius 1 is 1.56 bits per heavy atom. The van der Waals surface area contributed by atoms with Gasteiger partial charge >= 0.3 is 0 Å². The number of hydrogen-bond acceptors (Lipinski definition) is 4. The predicted octanol–water partition coefficient (Wildman–Crippen LogP) is 1.07. The van der Waals surface area contributed by atoms with Crippen LogP contribution in [-0.2, 0) is 0 Å². The van der Waals surface area contributed by atoms with Crippen molar-refractivity contribution in [2.24, 2.45) is 0 Å². The third kappa shape index (κ3) is 3.49. The number of nitro benzene ring substituents is 1. The van der Waals surface area contributed by atoms with Crippen LogP contribution in [-0.4, -0.2) is 30.5 Å². The maximum absolute atomic E-state index is 12.9. The Balaban J connectivity index is 2.88. The van der Waals surface area contributed by atoms with E-state index in [-0.39, 0.29) is 11.6 Å². The average Bonchev–Trinajstić information content (AvgIpc) is 2.35. The lowest BCUT2D eigenvalue weighted by Crippen LogP contribution is -2.37. The summed E-state index contributed by atoms with van der Waals surface area (Å²) in [5.74, 6) is -1.34. The summed E-state index contributed by atoms with van der Waals surface area (Å²) < 4.78 is 12.9. The van der Waals surface area contributed by atoms with Crippen molar-refractivity contribution in [1.82, 2.24) is 10.6 Å². The molecule has 7 heteroatoms. The van der Waals surface area contributed by atoms with Crippen LogP contribution in [0, 0.1) is 15.9 Å². The van der Waals surface area contributed by atoms with E-state index in [1.165, 1.54) is 0 Å². The van der Waals surface area contributed by atoms with E-state index in [2.05, 4.69) is 10.6 Å². The molecule has 1 amide bonds. The lowest BCUT2D eigenvalue weighted by atomic mass is 10.1. The van der Waals surface area contributed by atoms with Crippen LogP contribution >= 0.6 is 0 Å². The molecule has 1 aromatic carbocycles. The molecule has 0 aliphatic rings. The zero-order valence-electron chi connectivity index (χ0n) is 10.1. The predicted molar refractivity (Wildman–Crippen MR) is 63.9 cm³/mol. The van der Waals surface area contributed by atoms with Crippen LogP contribution in [0.2, 0.25) is 0 Å². The van der Waals surface area contributed by atoms with Gasteiger partial charge in [-0.1, -0.05) is 0 Å². The van der Waals surface area contributed by atoms with Crippen LogP contribution < -0.4 is 10.6 Å². The van der Waals surface area contributed by atoms with Crippen molar-refractivity contribution in [3.05, 3.63) is 39.7 Å². The molecule has 0 saturated carbocycles. The van der Waals surface area contributed by atoms with Crippen molar-refractivity contribution in [2.75, 3.05) is 13.6 Å². The number of amides is 1. The smallest absolute Gasteiger partial charge is 0.285 e. The molecule has 0 bridgehead atoms. The lowest BCUT2D eigenvalue weighted by Gasteiger charge is -2.11. The van der Waals surface area contributed by atoms with E-state index in [1.807, 2.05) is 6.92 Å². The first-order valence-electron chi connectivity index (χ1n) is 5.35. The highest BCUT2D eigenvalue weighted by atomic mass is 19.1. The van der Waals surface area contributed by atoms with Gasteiger partial charge in [0.2, 0.25) is 0 Å². The number of carbonyl (C=O) groups is 1. The number of nitrogens with one attached hydrogen (secondary N) is 2. The van der Waals surface area contributed by atoms with E-state index in [0.717, 1.165) is 18.2 Å². The van der Waals surface area contributed by atoms with Crippen LogP contribution in [0.25, 0.3) is 0 Å². The van der Waals surface area contributed by atoms with Crippen molar-refractivity contribution in [3.63, 3.8) is 0 Å². The van der Waals surface area contributed by atoms with Gasteiger partial charge in [-0.2, -0.15) is 0 Å². The van der Waals surface area contributed by atoms with Gasteiger partial charge < -0.3 is 10.6 Å². The summed E-state index contributed by atoms with van der Waals surface area (Å²) in [6, 6.07) is 2.89. The van der Waals surface area contributed by atoms with Gasteiger partial charge in [0.05, 0.1) is 11.0 Å². The third-order valence-electron chi connectivity index (χ3n) is 2.46. The Kier molecular flexibility index (Phi) is 4.73. The third-order valence-corrected chi connectivity index (χ3v) is 2.46. The standard InChI is InChI=1S/C11H14FN3O3/c1-7(13-2)6-14-11(16)9-4-3-8(12)5-10(9)15(17)18/h3-5,7,13H,6H2,1-2H3,(H,14,16). The number of halogens is 1. The second kappa shape index (κ2) is 6.06. The fourth-order valence-electron chi connectivity index (χ4n) is 1.29. The Morgan fingerprint density at radius 2 is 2.22 bits per heavy atom. The van der Waals surface area contributed by atoms with Crippen LogP contribution in [0.15, 0.2) is 18.2 Å². The fraction of sp³-hybridized carbons (Fsp3) is 0.364. The van der Waals surface area contributed by atoms with Crippen molar-refractivity contribution in [1.29, 1.82) is 0 Å². The second-order valence-corrected chi connectivity index (χ2v) is 3.82. The molecule has 1 unspecified atom stereocenters. The van der Waals surface area contributed by atoms with E-state index in [1.54, 1.807) is 7.05 Å². The molecule has 0 radical (unpaired) electrons. The first-order chi connectivity index (χ1) is 8.45. The van der Waals surface area contributed by atoms with Gasteiger partial charge in [0.15, 0.2) is 0 Å². The van der Waals surface area contributed by atoms with Crippen LogP contribution in [0.4, 0.5) is 10.1 Å². The summed E-state index contributed by atoms with van der Waals surface area (Å²) in [6.45, 7) is 2.17. The van der Waals surface area contributed by atoms with Gasteiger partial charge in [0.1, 0.15) is 11.4 Å². The number of rotatable bonds is 5. The summed E-state index contributed by atoms with van der Waals surface area (Å²) in [5.41, 5.74) is -0.686. The van der Waals surface area contributed by atoms with Gasteiger partial charge in [-0.3, -0.25) is 14.9 Å². The molecule has 1 atom stereocenters. The second-order valence-electron chi connectivity index (χ2n) is 3.82. The highest BCUT2D eigenvalue weighted by Gasteiger charge is 2.20. The van der Waals surface area contributed by atoms with Crippen molar-refractivity contribution < 1.29 is 14.1 Å². The van der Waals surface area contributed by atoms with E-state index >= 15 is 0 Å². The molecule has 0 saturated heterocycles. The molecule has 0 spiro atoms. The molecule has 6 nitrogen and oxygen atoms in total. The Hall–Kier alpha value is -2.02. The molecule has 98 valence electrons. The lowest BCUT2D eigenvalue weighted by molar-refractivity contribution is -0.385. The SMILES string of the molecule is CNC(C)CNC(=O)c1ccc(F)cc1[N+](=O)[O-]. The van der Waals surface area contributed by atoms with Gasteiger partial charge in [0.25, 0.3) is 11.6 Å². The van der Waals surface area contributed by atoms with Crippen LogP contribution in [0.3, 0.4) is 0 Å². The largest absolute Gasteiger partial charge is 0.350 e. The Bertz CT molecular complexity index is 465. The zero-order chi connectivity index (χ0) is 13.7. The van der Waals surface area contributed by atoms with Gasteiger partial charge in [-0.15, -0.1) is 0 Å². The monoisotopic (exact) mass is 255 g/mol. The molecule has 18 heavy (non-hydrogen) atoms. The summed E-state index contributed by atoms with van der Waals surface area (Å²) in [6.07, 6.45) is 0. The highest BCUT2D eigenvalue weighted by Crippen LogP contribution is 2.19. The minimum atomic E-state index is -0.778. The molecule has 0 aliphatic carbocycles. The summed E-state index contributed by atoms with van der Waals surface area (Å²) in [4.78, 5) is 21.7. The molecule has 0 fully saturated rings. The number of benzene rings is 1. The van der Waals surface area contributed by atoms with Crippen molar-refractivity contribution >= 4 is 11.6 Å². The number of nitrogens with zero attached hydrogens (tertiary/aromatic N) is 1. The van der Waals surface area contributed by atoms with E-state index < -0.39 is 22.3 Å². The average molecular weight is 255 g/mol. The maximum atomic E-state index is 12.9. The van der Waals surface area contributed by atoms with E-state index in [9.17, 15) is 19.3 Å². The van der Waals surface area contributed by atoms with Crippen molar-refractivity contribution in [2.45, 2.75) is 13.0 Å². The van der Waals surface area contributed by atoms with E-state index in [0.29, 0.717) is 6.54 Å². The molecular formula is C11H14FN3O3. The minimum absolute atomic E-state index is 0.0356. The fourth-order valence-corrected chi connectivity index (χ4v) is 1.29. The highest BCUT2D eigenvalue weighted by molar-refractivity contribution is 5.98. The van der Waals surface area contributed by atoms with Gasteiger partial charge in [-0.05, 0) is 26.1 Å². The zero-order valence-corrected chi connectivity index (χ0v) is 10.1. The summed E-state index contributed by atoms with van der Waals surface area (Å²) >= 11 is 0. The number of hydrogen-bond donors (Lipinski definition) is 2. The van der Waals surface area contributed by atoms with Crippen LogP contribution in [0.1, 0.15) is 17.3 Å². The number of carbonyl (C=O) groups excluding carboxylic acids is 1. The molecule has 0 aliphatic heterocycles. The van der Waals surface area contributed by atoms with Crippen LogP contribution in [0.5, 0.6) is 0 Å². The maximum Gasteiger partial charge on any atom is 0.285 e. The number of nitro groups is 1. The molecular weight excluding hydrogens is 241 g/mol. The van der Waals surface area contributed by atoms with E-state index in [4.69, 9.17) is 0 Å². The number of likely N-dealkylation sites (N-methyl/N-ethyl adjacent to an activating group) is 1. The molecule has 0 aromatic heterocycles. The molecule has 0 heterocycles. The minimum Gasteiger partial charge on any atom is -0.350 e. The van der Waals surface area contributed by atoms with Crippen molar-refractivity contribution in [3.8, 4) is 0 Å². The summed E-state index contributed by atoms with van der Waals surface area (Å²) in [7, 11) is 1.73. The molecule has 1 aromatic rings. The first-order valence-corrected chi connectivity index (χ1v) is 5.35. The Morgan fingerprint density at radius 3 is 2.78 bits per heavy atom. The van der Waals surface area contributed by atoms with Gasteiger partial charge in [0, 0.05) is 12.6 Å². The van der Waals surface area contributed by atoms with Gasteiger partial charge in [-0.25, -0.2) is 4.39 Å². The first kappa shape index (κ1) is 14.0. The normalized spacial score (nSPS) is 11.9. The molecule has 2 N–H and O–H groups in total. The summed E-state index contributed by atoms with van der Waals surface area (Å²) in [5, 5.41) is 16.2. The quantitative estimate of drug-likeness (QED) is 0.609. The topological polar surface area (TPSA) is 84.3 Å². The molecule has 1 rings (SSSR count).